The average Bonchev–Trinajstić information content (AvgIpc) is 3.08. The molecule has 4 aliphatic carbocycles. The van der Waals surface area contributed by atoms with E-state index in [9.17, 15) is 9.59 Å². The normalized spacial score (nSPS) is 41.2. The molecule has 0 aromatic carbocycles. The van der Waals surface area contributed by atoms with Crippen molar-refractivity contribution in [1.82, 2.24) is 4.90 Å². The van der Waals surface area contributed by atoms with Crippen LogP contribution in [0.4, 0.5) is 0 Å². The van der Waals surface area contributed by atoms with Crippen LogP contribution in [-0.4, -0.2) is 29.7 Å². The average molecular weight is 413 g/mol. The number of fused-ring (bicyclic) bond motifs is 5. The third kappa shape index (κ3) is 2.92. The number of allylic oxidation sites excluding steroid dienone is 4. The van der Waals surface area contributed by atoms with Gasteiger partial charge in [-0.3, -0.25) is 9.59 Å². The fraction of sp³-hybridized carbons (Fsp3) is 0.769. The van der Waals surface area contributed by atoms with Crippen LogP contribution in [0.3, 0.4) is 0 Å². The first kappa shape index (κ1) is 21.6. The standard InChI is InChI=1S/C26H40N2O2/c1-6-28(7-2)24(30)16(3)18-10-11-19-17-8-9-21-23(27)22(29)13-15-26(21,5)20(17)12-14-25(18,19)4/h8-9,16-20H,6-7,10-15,27H2,1-5H3/t16?,17-,18+,19-,20-,25+,26+/m0/s1. The molecule has 0 heterocycles. The van der Waals surface area contributed by atoms with Gasteiger partial charge in [-0.25, -0.2) is 0 Å². The van der Waals surface area contributed by atoms with Crippen LogP contribution in [0.15, 0.2) is 23.4 Å². The lowest BCUT2D eigenvalue weighted by atomic mass is 9.48. The molecular formula is C26H40N2O2. The predicted molar refractivity (Wildman–Crippen MR) is 120 cm³/mol. The highest BCUT2D eigenvalue weighted by Crippen LogP contribution is 2.66. The molecule has 4 heteroatoms. The van der Waals surface area contributed by atoms with Crippen molar-refractivity contribution < 1.29 is 9.59 Å². The van der Waals surface area contributed by atoms with E-state index in [1.54, 1.807) is 0 Å². The number of nitrogens with two attached hydrogens (primary N) is 1. The van der Waals surface area contributed by atoms with Crippen molar-refractivity contribution >= 4 is 11.7 Å². The number of ketones is 1. The van der Waals surface area contributed by atoms with Gasteiger partial charge in [-0.1, -0.05) is 32.9 Å². The summed E-state index contributed by atoms with van der Waals surface area (Å²) >= 11 is 0. The van der Waals surface area contributed by atoms with Crippen LogP contribution < -0.4 is 5.73 Å². The molecular weight excluding hydrogens is 372 g/mol. The molecule has 0 aromatic heterocycles. The summed E-state index contributed by atoms with van der Waals surface area (Å²) in [5.41, 5.74) is 8.12. The molecule has 4 rings (SSSR count). The number of hydrogen-bond donors (Lipinski definition) is 1. The lowest BCUT2D eigenvalue weighted by Crippen LogP contribution is -2.51. The molecule has 0 aliphatic heterocycles. The zero-order valence-corrected chi connectivity index (χ0v) is 19.5. The van der Waals surface area contributed by atoms with E-state index in [0.717, 1.165) is 31.5 Å². The predicted octanol–water partition coefficient (Wildman–Crippen LogP) is 4.70. The van der Waals surface area contributed by atoms with Crippen molar-refractivity contribution in [3.63, 3.8) is 0 Å². The molecule has 1 unspecified atom stereocenters. The number of rotatable bonds is 4. The second-order valence-electron chi connectivity index (χ2n) is 10.8. The minimum atomic E-state index is 0.0273. The molecule has 30 heavy (non-hydrogen) atoms. The maximum atomic E-state index is 13.2. The lowest BCUT2D eigenvalue weighted by Gasteiger charge is -2.56. The fourth-order valence-corrected chi connectivity index (χ4v) is 8.04. The van der Waals surface area contributed by atoms with Crippen LogP contribution >= 0.6 is 0 Å². The number of carbonyl (C=O) groups is 2. The highest BCUT2D eigenvalue weighted by molar-refractivity contribution is 5.97. The first-order chi connectivity index (χ1) is 14.2. The maximum Gasteiger partial charge on any atom is 0.225 e. The first-order valence-electron chi connectivity index (χ1n) is 12.2. The molecule has 1 amide bonds. The topological polar surface area (TPSA) is 63.4 Å². The van der Waals surface area contributed by atoms with E-state index >= 15 is 0 Å². The molecule has 2 saturated carbocycles. The highest BCUT2D eigenvalue weighted by Gasteiger charge is 2.59. The van der Waals surface area contributed by atoms with Gasteiger partial charge in [0.2, 0.25) is 5.91 Å². The van der Waals surface area contributed by atoms with Gasteiger partial charge in [-0.2, -0.15) is 0 Å². The second kappa shape index (κ2) is 7.53. The number of nitrogens with zero attached hydrogens (tertiary/aromatic N) is 1. The molecule has 2 N–H and O–H groups in total. The monoisotopic (exact) mass is 412 g/mol. The Morgan fingerprint density at radius 3 is 2.53 bits per heavy atom. The van der Waals surface area contributed by atoms with Gasteiger partial charge < -0.3 is 10.6 Å². The fourth-order valence-electron chi connectivity index (χ4n) is 8.04. The second-order valence-corrected chi connectivity index (χ2v) is 10.8. The number of hydrogen-bond acceptors (Lipinski definition) is 3. The molecule has 0 saturated heterocycles. The summed E-state index contributed by atoms with van der Waals surface area (Å²) in [7, 11) is 0. The zero-order valence-electron chi connectivity index (χ0n) is 19.5. The van der Waals surface area contributed by atoms with Gasteiger partial charge in [0.15, 0.2) is 5.78 Å². The van der Waals surface area contributed by atoms with Crippen LogP contribution in [0.2, 0.25) is 0 Å². The molecule has 7 atom stereocenters. The minimum absolute atomic E-state index is 0.0273. The van der Waals surface area contributed by atoms with Crippen molar-refractivity contribution in [1.29, 1.82) is 0 Å². The Balaban J connectivity index is 1.63. The number of carbonyl (C=O) groups excluding carboxylic acids is 2. The molecule has 4 aliphatic rings. The Morgan fingerprint density at radius 2 is 1.87 bits per heavy atom. The van der Waals surface area contributed by atoms with Crippen LogP contribution in [0.25, 0.3) is 0 Å². The van der Waals surface area contributed by atoms with Crippen LogP contribution in [-0.2, 0) is 9.59 Å². The van der Waals surface area contributed by atoms with Gasteiger partial charge in [-0.15, -0.1) is 0 Å². The summed E-state index contributed by atoms with van der Waals surface area (Å²) in [5.74, 6) is 2.75. The van der Waals surface area contributed by atoms with Crippen molar-refractivity contribution in [2.45, 2.75) is 73.1 Å². The number of amides is 1. The SMILES string of the molecule is CCN(CC)C(=O)C(C)[C@H]1CC[C@H]2[C@@H]3C=CC4=C(N)C(=O)CC[C@]4(C)[C@H]3CC[C@]12C. The van der Waals surface area contributed by atoms with E-state index in [4.69, 9.17) is 5.73 Å². The van der Waals surface area contributed by atoms with Crippen molar-refractivity contribution in [3.05, 3.63) is 23.4 Å². The molecule has 2 fully saturated rings. The molecule has 4 nitrogen and oxygen atoms in total. The Kier molecular flexibility index (Phi) is 5.43. The zero-order chi connectivity index (χ0) is 21.8. The van der Waals surface area contributed by atoms with Crippen molar-refractivity contribution in [2.24, 2.45) is 46.2 Å². The van der Waals surface area contributed by atoms with Crippen molar-refractivity contribution in [3.8, 4) is 0 Å². The highest BCUT2D eigenvalue weighted by atomic mass is 16.2. The molecule has 0 bridgehead atoms. The summed E-state index contributed by atoms with van der Waals surface area (Å²) in [5, 5.41) is 0. The molecule has 0 spiro atoms. The molecule has 0 aromatic rings. The Morgan fingerprint density at radius 1 is 1.17 bits per heavy atom. The van der Waals surface area contributed by atoms with Gasteiger partial charge in [0.25, 0.3) is 0 Å². The van der Waals surface area contributed by atoms with E-state index in [1.165, 1.54) is 19.3 Å². The largest absolute Gasteiger partial charge is 0.396 e. The Bertz CT molecular complexity index is 795. The summed E-state index contributed by atoms with van der Waals surface area (Å²) in [6.45, 7) is 12.8. The summed E-state index contributed by atoms with van der Waals surface area (Å²) in [4.78, 5) is 27.4. The molecule has 0 radical (unpaired) electrons. The molecule has 166 valence electrons. The van der Waals surface area contributed by atoms with Gasteiger partial charge in [0, 0.05) is 25.4 Å². The van der Waals surface area contributed by atoms with Crippen LogP contribution in [0.5, 0.6) is 0 Å². The van der Waals surface area contributed by atoms with E-state index < -0.39 is 0 Å². The van der Waals surface area contributed by atoms with Crippen molar-refractivity contribution in [2.75, 3.05) is 13.1 Å². The summed E-state index contributed by atoms with van der Waals surface area (Å²) in [6, 6.07) is 0. The quantitative estimate of drug-likeness (QED) is 0.728. The van der Waals surface area contributed by atoms with Crippen LogP contribution in [0, 0.1) is 40.4 Å². The third-order valence-electron chi connectivity index (χ3n) is 9.85. The Hall–Kier alpha value is -1.58. The van der Waals surface area contributed by atoms with Gasteiger partial charge in [0.05, 0.1) is 5.70 Å². The summed E-state index contributed by atoms with van der Waals surface area (Å²) < 4.78 is 0. The smallest absolute Gasteiger partial charge is 0.225 e. The van der Waals surface area contributed by atoms with E-state index in [2.05, 4.69) is 46.8 Å². The van der Waals surface area contributed by atoms with Gasteiger partial charge >= 0.3 is 0 Å². The summed E-state index contributed by atoms with van der Waals surface area (Å²) in [6.07, 6.45) is 10.8. The number of Topliss-reactive ketones (excluding diaryl/α,β-unsaturated/α-hetero) is 1. The van der Waals surface area contributed by atoms with E-state index in [-0.39, 0.29) is 22.5 Å². The van der Waals surface area contributed by atoms with Crippen LogP contribution in [0.1, 0.15) is 73.1 Å². The minimum Gasteiger partial charge on any atom is -0.396 e. The first-order valence-corrected chi connectivity index (χ1v) is 12.2. The van der Waals surface area contributed by atoms with E-state index in [1.807, 2.05) is 4.90 Å². The third-order valence-corrected chi connectivity index (χ3v) is 9.85. The van der Waals surface area contributed by atoms with Gasteiger partial charge in [0.1, 0.15) is 0 Å². The lowest BCUT2D eigenvalue weighted by molar-refractivity contribution is -0.139. The Labute approximate surface area is 182 Å². The maximum absolute atomic E-state index is 13.2. The van der Waals surface area contributed by atoms with E-state index in [0.29, 0.717) is 41.7 Å². The van der Waals surface area contributed by atoms with Gasteiger partial charge in [-0.05, 0) is 86.0 Å².